The van der Waals surface area contributed by atoms with Gasteiger partial charge >= 0.3 is 0 Å². The molecule has 3 atom stereocenters. The Morgan fingerprint density at radius 1 is 1.32 bits per heavy atom. The number of ketones is 2. The topological polar surface area (TPSA) is 51.2 Å². The Morgan fingerprint density at radius 2 is 2.16 bits per heavy atom. The van der Waals surface area contributed by atoms with E-state index in [4.69, 9.17) is 0 Å². The lowest BCUT2D eigenvalue weighted by atomic mass is 9.83. The van der Waals surface area contributed by atoms with Crippen molar-refractivity contribution in [2.45, 2.75) is 25.7 Å². The summed E-state index contributed by atoms with van der Waals surface area (Å²) in [6.07, 6.45) is 4.12. The van der Waals surface area contributed by atoms with E-state index in [2.05, 4.69) is 0 Å². The van der Waals surface area contributed by atoms with Gasteiger partial charge in [0.25, 0.3) is 0 Å². The van der Waals surface area contributed by atoms with Crippen molar-refractivity contribution in [3.63, 3.8) is 0 Å². The largest absolute Gasteiger partial charge is 0.299 e. The van der Waals surface area contributed by atoms with Crippen molar-refractivity contribution in [2.24, 2.45) is 17.8 Å². The Balaban J connectivity index is 1.74. The summed E-state index contributed by atoms with van der Waals surface area (Å²) in [6.45, 7) is 0. The number of Topliss-reactive ketones (excluding diaryl/α,β-unsaturated/α-hetero) is 2. The maximum atomic E-state index is 12.2. The highest BCUT2D eigenvalue weighted by Crippen LogP contribution is 2.47. The fraction of sp³-hybridized carbons (Fsp3) is 0.438. The average molecular weight is 256 g/mol. The predicted octanol–water partition coefficient (Wildman–Crippen LogP) is 2.69. The van der Waals surface area contributed by atoms with Crippen LogP contribution in [0.25, 0.3) is 0 Å². The Hall–Kier alpha value is -1.77. The van der Waals surface area contributed by atoms with Gasteiger partial charge in [-0.05, 0) is 31.2 Å². The zero-order chi connectivity index (χ0) is 13.4. The first kappa shape index (κ1) is 12.3. The first-order valence-electron chi connectivity index (χ1n) is 6.81. The Morgan fingerprint density at radius 3 is 2.84 bits per heavy atom. The number of rotatable bonds is 4. The summed E-state index contributed by atoms with van der Waals surface area (Å²) in [7, 11) is 0. The van der Waals surface area contributed by atoms with E-state index in [1.54, 1.807) is 24.3 Å². The van der Waals surface area contributed by atoms with Crippen LogP contribution in [0.5, 0.6) is 0 Å². The number of benzene rings is 1. The molecule has 0 aliphatic heterocycles. The van der Waals surface area contributed by atoms with Crippen molar-refractivity contribution in [1.29, 1.82) is 0 Å². The molecule has 0 saturated heterocycles. The molecule has 3 nitrogen and oxygen atoms in total. The van der Waals surface area contributed by atoms with Crippen LogP contribution < -0.4 is 0 Å². The van der Waals surface area contributed by atoms with Gasteiger partial charge < -0.3 is 0 Å². The van der Waals surface area contributed by atoms with Crippen LogP contribution in [-0.2, 0) is 4.79 Å². The van der Waals surface area contributed by atoms with E-state index in [0.717, 1.165) is 25.5 Å². The third-order valence-electron chi connectivity index (χ3n) is 4.56. The van der Waals surface area contributed by atoms with Crippen molar-refractivity contribution in [3.05, 3.63) is 35.4 Å². The minimum absolute atomic E-state index is 0.0189. The van der Waals surface area contributed by atoms with E-state index in [-0.39, 0.29) is 23.4 Å². The summed E-state index contributed by atoms with van der Waals surface area (Å²) < 4.78 is 0. The molecule has 0 heterocycles. The summed E-state index contributed by atoms with van der Waals surface area (Å²) in [5.74, 6) is 0.816. The molecule has 0 unspecified atom stereocenters. The molecule has 0 aromatic heterocycles. The monoisotopic (exact) mass is 256 g/mol. The number of hydrogen-bond donors (Lipinski definition) is 0. The van der Waals surface area contributed by atoms with Gasteiger partial charge in [0.05, 0.1) is 0 Å². The van der Waals surface area contributed by atoms with Crippen molar-refractivity contribution in [2.75, 3.05) is 0 Å². The van der Waals surface area contributed by atoms with Crippen molar-refractivity contribution in [1.82, 2.24) is 0 Å². The molecule has 0 amide bonds. The van der Waals surface area contributed by atoms with Crippen LogP contribution in [-0.4, -0.2) is 17.9 Å². The van der Waals surface area contributed by atoms with Crippen LogP contribution >= 0.6 is 0 Å². The number of carbonyl (C=O) groups is 3. The van der Waals surface area contributed by atoms with Crippen molar-refractivity contribution in [3.8, 4) is 0 Å². The lowest BCUT2D eigenvalue weighted by Crippen LogP contribution is -2.24. The van der Waals surface area contributed by atoms with E-state index in [1.807, 2.05) is 0 Å². The molecule has 2 aliphatic rings. The summed E-state index contributed by atoms with van der Waals surface area (Å²) in [6, 6.07) is 6.70. The predicted molar refractivity (Wildman–Crippen MR) is 70.1 cm³/mol. The van der Waals surface area contributed by atoms with Crippen LogP contribution in [0.4, 0.5) is 0 Å². The molecule has 0 radical (unpaired) electrons. The molecule has 2 bridgehead atoms. The third kappa shape index (κ3) is 2.14. The molecule has 0 N–H and O–H groups in total. The summed E-state index contributed by atoms with van der Waals surface area (Å²) in [5, 5.41) is 0. The minimum Gasteiger partial charge on any atom is -0.299 e. The molecule has 0 spiro atoms. The normalized spacial score (nSPS) is 28.6. The van der Waals surface area contributed by atoms with Gasteiger partial charge in [0, 0.05) is 29.4 Å². The van der Waals surface area contributed by atoms with Crippen molar-refractivity contribution >= 4 is 17.9 Å². The van der Waals surface area contributed by atoms with E-state index in [0.29, 0.717) is 23.5 Å². The second-order valence-corrected chi connectivity index (χ2v) is 5.65. The summed E-state index contributed by atoms with van der Waals surface area (Å²) in [5.41, 5.74) is 1.05. The SMILES string of the molecule is O=Cc1cccc(C(=O)C[C@H]2C(=O)[C@H]3CC[C@@H]2C3)c1. The summed E-state index contributed by atoms with van der Waals surface area (Å²) >= 11 is 0. The molecule has 2 aliphatic carbocycles. The first-order chi connectivity index (χ1) is 9.19. The lowest BCUT2D eigenvalue weighted by molar-refractivity contribution is -0.125. The maximum Gasteiger partial charge on any atom is 0.163 e. The Bertz CT molecular complexity index is 547. The van der Waals surface area contributed by atoms with Crippen LogP contribution in [0.1, 0.15) is 46.4 Å². The molecule has 2 saturated carbocycles. The molecule has 1 aromatic rings. The third-order valence-corrected chi connectivity index (χ3v) is 4.56. The number of hydrogen-bond acceptors (Lipinski definition) is 3. The highest BCUT2D eigenvalue weighted by atomic mass is 16.1. The quantitative estimate of drug-likeness (QED) is 0.614. The smallest absolute Gasteiger partial charge is 0.163 e. The van der Waals surface area contributed by atoms with Gasteiger partial charge in [0.1, 0.15) is 12.1 Å². The first-order valence-corrected chi connectivity index (χ1v) is 6.81. The zero-order valence-corrected chi connectivity index (χ0v) is 10.7. The van der Waals surface area contributed by atoms with Crippen LogP contribution in [0.15, 0.2) is 24.3 Å². The van der Waals surface area contributed by atoms with Crippen LogP contribution in [0, 0.1) is 17.8 Å². The van der Waals surface area contributed by atoms with Gasteiger partial charge in [0.15, 0.2) is 5.78 Å². The molecule has 1 aromatic carbocycles. The molecule has 3 heteroatoms. The Labute approximate surface area is 112 Å². The van der Waals surface area contributed by atoms with E-state index >= 15 is 0 Å². The van der Waals surface area contributed by atoms with Crippen LogP contribution in [0.2, 0.25) is 0 Å². The molecular weight excluding hydrogens is 240 g/mol. The summed E-state index contributed by atoms with van der Waals surface area (Å²) in [4.78, 5) is 35.0. The van der Waals surface area contributed by atoms with Gasteiger partial charge in [-0.1, -0.05) is 18.2 Å². The second kappa shape index (κ2) is 4.72. The van der Waals surface area contributed by atoms with Gasteiger partial charge in [-0.3, -0.25) is 14.4 Å². The number of carbonyl (C=O) groups excluding carboxylic acids is 3. The highest BCUT2D eigenvalue weighted by Gasteiger charge is 2.47. The lowest BCUT2D eigenvalue weighted by Gasteiger charge is -2.19. The van der Waals surface area contributed by atoms with Crippen LogP contribution in [0.3, 0.4) is 0 Å². The highest BCUT2D eigenvalue weighted by molar-refractivity contribution is 6.00. The minimum atomic E-state index is -0.0777. The van der Waals surface area contributed by atoms with Gasteiger partial charge in [0.2, 0.25) is 0 Å². The van der Waals surface area contributed by atoms with Gasteiger partial charge in [-0.15, -0.1) is 0 Å². The standard InChI is InChI=1S/C16H16O3/c17-9-10-2-1-3-12(6-10)15(18)8-14-11-4-5-13(7-11)16(14)19/h1-3,6,9,11,13-14H,4-5,7-8H2/t11-,13+,14-/m1/s1. The number of aldehydes is 1. The fourth-order valence-electron chi connectivity index (χ4n) is 3.55. The van der Waals surface area contributed by atoms with E-state index in [9.17, 15) is 14.4 Å². The second-order valence-electron chi connectivity index (χ2n) is 5.65. The fourth-order valence-corrected chi connectivity index (χ4v) is 3.55. The zero-order valence-electron chi connectivity index (χ0n) is 10.7. The Kier molecular flexibility index (Phi) is 3.05. The molecular formula is C16H16O3. The van der Waals surface area contributed by atoms with Gasteiger partial charge in [-0.2, -0.15) is 0 Å². The van der Waals surface area contributed by atoms with Gasteiger partial charge in [-0.25, -0.2) is 0 Å². The van der Waals surface area contributed by atoms with E-state index in [1.165, 1.54) is 0 Å². The average Bonchev–Trinajstić information content (AvgIpc) is 3.02. The molecule has 98 valence electrons. The maximum absolute atomic E-state index is 12.2. The molecule has 3 rings (SSSR count). The van der Waals surface area contributed by atoms with Crippen molar-refractivity contribution < 1.29 is 14.4 Å². The van der Waals surface area contributed by atoms with E-state index < -0.39 is 0 Å². The number of fused-ring (bicyclic) bond motifs is 2. The molecule has 19 heavy (non-hydrogen) atoms. The molecule has 2 fully saturated rings.